The number of aromatic nitrogens is 2. The summed E-state index contributed by atoms with van der Waals surface area (Å²) in [6, 6.07) is 14.7. The number of para-hydroxylation sites is 2. The average molecular weight is 337 g/mol. The van der Waals surface area contributed by atoms with Gasteiger partial charge in [0.1, 0.15) is 0 Å². The highest BCUT2D eigenvalue weighted by molar-refractivity contribution is 7.85. The summed E-state index contributed by atoms with van der Waals surface area (Å²) in [5.74, 6) is -0.0275. The van der Waals surface area contributed by atoms with Crippen LogP contribution in [0.1, 0.15) is 6.42 Å². The van der Waals surface area contributed by atoms with Crippen LogP contribution in [0.25, 0.3) is 0 Å². The van der Waals surface area contributed by atoms with Gasteiger partial charge in [-0.15, -0.1) is 0 Å². The quantitative estimate of drug-likeness (QED) is 0.738. The third kappa shape index (κ3) is 2.45. The maximum atomic E-state index is 12.9. The van der Waals surface area contributed by atoms with E-state index in [1.165, 1.54) is 0 Å². The Labute approximate surface area is 142 Å². The van der Waals surface area contributed by atoms with Gasteiger partial charge < -0.3 is 4.57 Å². The van der Waals surface area contributed by atoms with E-state index in [2.05, 4.69) is 4.98 Å². The van der Waals surface area contributed by atoms with Crippen molar-refractivity contribution in [2.45, 2.75) is 22.8 Å². The van der Waals surface area contributed by atoms with Crippen molar-refractivity contribution < 1.29 is 9.00 Å². The largest absolute Gasteiger partial charge is 0.337 e. The number of anilines is 2. The summed E-state index contributed by atoms with van der Waals surface area (Å²) < 4.78 is 14.7. The average Bonchev–Trinajstić information content (AvgIpc) is 3.14. The molecule has 0 N–H and O–H groups in total. The number of amides is 1. The van der Waals surface area contributed by atoms with Crippen molar-refractivity contribution in [2.75, 3.05) is 4.90 Å². The molecule has 0 unspecified atom stereocenters. The van der Waals surface area contributed by atoms with Gasteiger partial charge in [-0.3, -0.25) is 9.69 Å². The van der Waals surface area contributed by atoms with Crippen LogP contribution in [0.2, 0.25) is 0 Å². The molecule has 0 bridgehead atoms. The molecule has 0 saturated carbocycles. The highest BCUT2D eigenvalue weighted by Gasteiger charge is 2.31. The zero-order valence-electron chi connectivity index (χ0n) is 12.8. The summed E-state index contributed by atoms with van der Waals surface area (Å²) in [5.41, 5.74) is 1.40. The van der Waals surface area contributed by atoms with Crippen molar-refractivity contribution in [3.63, 3.8) is 0 Å². The molecule has 5 nitrogen and oxygen atoms in total. The molecule has 0 atom stereocenters. The van der Waals surface area contributed by atoms with Gasteiger partial charge in [0.2, 0.25) is 5.91 Å². The molecule has 2 heterocycles. The SMILES string of the molecule is O=C(CCn1ccnc1)N1c2ccccc2S(=O)c2ccccc21. The van der Waals surface area contributed by atoms with Crippen LogP contribution in [0.5, 0.6) is 0 Å². The smallest absolute Gasteiger partial charge is 0.233 e. The molecule has 0 spiro atoms. The number of rotatable bonds is 3. The molecular weight excluding hydrogens is 322 g/mol. The number of carbonyl (C=O) groups is 1. The van der Waals surface area contributed by atoms with Crippen molar-refractivity contribution in [1.29, 1.82) is 0 Å². The minimum absolute atomic E-state index is 0.0275. The molecule has 2 aromatic carbocycles. The number of benzene rings is 2. The van der Waals surface area contributed by atoms with E-state index < -0.39 is 10.8 Å². The lowest BCUT2D eigenvalue weighted by molar-refractivity contribution is -0.118. The normalized spacial score (nSPS) is 13.4. The van der Waals surface area contributed by atoms with Crippen LogP contribution in [0, 0.1) is 0 Å². The summed E-state index contributed by atoms with van der Waals surface area (Å²) in [6.07, 6.45) is 5.56. The Kier molecular flexibility index (Phi) is 3.74. The van der Waals surface area contributed by atoms with Crippen LogP contribution in [-0.2, 0) is 22.1 Å². The van der Waals surface area contributed by atoms with Gasteiger partial charge in [0.25, 0.3) is 0 Å². The number of nitrogens with zero attached hydrogens (tertiary/aromatic N) is 3. The second-order valence-corrected chi connectivity index (χ2v) is 6.90. The molecule has 1 aliphatic heterocycles. The number of aryl methyl sites for hydroxylation is 1. The third-order valence-corrected chi connectivity index (χ3v) is 5.49. The van der Waals surface area contributed by atoms with Gasteiger partial charge in [-0.25, -0.2) is 9.19 Å². The predicted molar refractivity (Wildman–Crippen MR) is 91.5 cm³/mol. The Morgan fingerprint density at radius 1 is 1.00 bits per heavy atom. The van der Waals surface area contributed by atoms with Crippen molar-refractivity contribution >= 4 is 28.1 Å². The van der Waals surface area contributed by atoms with Crippen LogP contribution in [-0.4, -0.2) is 19.7 Å². The van der Waals surface area contributed by atoms with Crippen molar-refractivity contribution in [3.05, 3.63) is 67.3 Å². The summed E-state index contributed by atoms with van der Waals surface area (Å²) in [5, 5.41) is 0. The van der Waals surface area contributed by atoms with E-state index in [0.29, 0.717) is 34.1 Å². The molecule has 0 radical (unpaired) electrons. The third-order valence-electron chi connectivity index (χ3n) is 4.00. The zero-order chi connectivity index (χ0) is 16.5. The minimum atomic E-state index is -1.27. The van der Waals surface area contributed by atoms with Crippen LogP contribution in [0.15, 0.2) is 77.0 Å². The number of hydrogen-bond donors (Lipinski definition) is 0. The molecule has 0 aliphatic carbocycles. The molecule has 1 amide bonds. The Morgan fingerprint density at radius 3 is 2.21 bits per heavy atom. The predicted octanol–water partition coefficient (Wildman–Crippen LogP) is 3.12. The van der Waals surface area contributed by atoms with Gasteiger partial charge in [-0.2, -0.15) is 0 Å². The Balaban J connectivity index is 1.73. The first kappa shape index (κ1) is 14.8. The first-order valence-electron chi connectivity index (χ1n) is 7.64. The van der Waals surface area contributed by atoms with Crippen molar-refractivity contribution in [1.82, 2.24) is 9.55 Å². The lowest BCUT2D eigenvalue weighted by atomic mass is 10.2. The fourth-order valence-electron chi connectivity index (χ4n) is 2.87. The van der Waals surface area contributed by atoms with E-state index in [4.69, 9.17) is 0 Å². The van der Waals surface area contributed by atoms with Crippen LogP contribution in [0.4, 0.5) is 11.4 Å². The topological polar surface area (TPSA) is 55.2 Å². The van der Waals surface area contributed by atoms with E-state index in [-0.39, 0.29) is 5.91 Å². The van der Waals surface area contributed by atoms with Gasteiger partial charge in [-0.05, 0) is 24.3 Å². The molecule has 1 aliphatic rings. The number of imidazole rings is 1. The van der Waals surface area contributed by atoms with Crippen molar-refractivity contribution in [3.8, 4) is 0 Å². The first-order valence-corrected chi connectivity index (χ1v) is 8.79. The van der Waals surface area contributed by atoms with E-state index in [9.17, 15) is 9.00 Å². The molecule has 0 saturated heterocycles. The highest BCUT2D eigenvalue weighted by atomic mass is 32.2. The summed E-state index contributed by atoms with van der Waals surface area (Å²) in [6.45, 7) is 0.558. The number of carbonyl (C=O) groups excluding carboxylic acids is 1. The molecule has 0 fully saturated rings. The van der Waals surface area contributed by atoms with Gasteiger partial charge in [0.05, 0.1) is 38.3 Å². The van der Waals surface area contributed by atoms with E-state index in [0.717, 1.165) is 0 Å². The second-order valence-electron chi connectivity index (χ2n) is 5.48. The van der Waals surface area contributed by atoms with Gasteiger partial charge >= 0.3 is 0 Å². The Morgan fingerprint density at radius 2 is 1.62 bits per heavy atom. The van der Waals surface area contributed by atoms with Gasteiger partial charge in [0.15, 0.2) is 0 Å². The molecule has 1 aromatic heterocycles. The van der Waals surface area contributed by atoms with Crippen LogP contribution >= 0.6 is 0 Å². The summed E-state index contributed by atoms with van der Waals surface area (Å²) in [7, 11) is -1.27. The first-order chi connectivity index (χ1) is 11.8. The summed E-state index contributed by atoms with van der Waals surface area (Å²) in [4.78, 5) is 19.9. The molecule has 3 aromatic rings. The van der Waals surface area contributed by atoms with E-state index in [1.54, 1.807) is 17.4 Å². The van der Waals surface area contributed by atoms with E-state index in [1.807, 2.05) is 59.3 Å². The summed E-state index contributed by atoms with van der Waals surface area (Å²) >= 11 is 0. The van der Waals surface area contributed by atoms with Gasteiger partial charge in [0, 0.05) is 25.4 Å². The second kappa shape index (κ2) is 6.05. The fraction of sp³-hybridized carbons (Fsp3) is 0.111. The highest BCUT2D eigenvalue weighted by Crippen LogP contribution is 2.41. The lowest BCUT2D eigenvalue weighted by Crippen LogP contribution is -2.31. The molecule has 6 heteroatoms. The monoisotopic (exact) mass is 337 g/mol. The fourth-order valence-corrected chi connectivity index (χ4v) is 4.21. The number of fused-ring (bicyclic) bond motifs is 2. The standard InChI is InChI=1S/C18H15N3O2S/c22-18(9-11-20-12-10-19-13-20)21-14-5-1-3-7-16(14)24(23)17-8-4-2-6-15(17)21/h1-8,10,12-13H,9,11H2. The molecular formula is C18H15N3O2S. The number of hydrogen-bond acceptors (Lipinski definition) is 3. The Hall–Kier alpha value is -2.73. The van der Waals surface area contributed by atoms with Crippen molar-refractivity contribution in [2.24, 2.45) is 0 Å². The Bertz CT molecular complexity index is 872. The lowest BCUT2D eigenvalue weighted by Gasteiger charge is -2.31. The van der Waals surface area contributed by atoms with Crippen LogP contribution < -0.4 is 4.90 Å². The van der Waals surface area contributed by atoms with E-state index >= 15 is 0 Å². The molecule has 4 rings (SSSR count). The minimum Gasteiger partial charge on any atom is -0.337 e. The maximum absolute atomic E-state index is 12.9. The van der Waals surface area contributed by atoms with Crippen LogP contribution in [0.3, 0.4) is 0 Å². The molecule has 120 valence electrons. The zero-order valence-corrected chi connectivity index (χ0v) is 13.6. The maximum Gasteiger partial charge on any atom is 0.233 e. The molecule has 24 heavy (non-hydrogen) atoms. The van der Waals surface area contributed by atoms with Gasteiger partial charge in [-0.1, -0.05) is 24.3 Å².